The molecule has 116 valence electrons. The molecule has 1 heterocycles. The molecule has 1 aliphatic heterocycles. The number of likely N-dealkylation sites (tertiary alicyclic amines) is 1. The van der Waals surface area contributed by atoms with Gasteiger partial charge in [-0.15, -0.1) is 11.8 Å². The Morgan fingerprint density at radius 3 is 2.81 bits per heavy atom. The molecule has 0 aliphatic carbocycles. The highest BCUT2D eigenvalue weighted by Gasteiger charge is 2.24. The van der Waals surface area contributed by atoms with Gasteiger partial charge in [0.25, 0.3) is 0 Å². The Hall–Kier alpha value is -0.710. The molecule has 21 heavy (non-hydrogen) atoms. The van der Waals surface area contributed by atoms with E-state index in [-0.39, 0.29) is 11.9 Å². The number of carbonyl (C=O) groups excluding carboxylic acids is 1. The normalized spacial score (nSPS) is 17.8. The largest absolute Gasteiger partial charge is 0.342 e. The Bertz CT molecular complexity index is 473. The summed E-state index contributed by atoms with van der Waals surface area (Å²) in [4.78, 5) is 14.2. The van der Waals surface area contributed by atoms with Crippen molar-refractivity contribution in [3.05, 3.63) is 34.9 Å². The van der Waals surface area contributed by atoms with E-state index in [9.17, 15) is 4.79 Å². The van der Waals surface area contributed by atoms with Crippen LogP contribution in [0.3, 0.4) is 0 Å². The molecule has 1 aliphatic rings. The van der Waals surface area contributed by atoms with Gasteiger partial charge < -0.3 is 10.6 Å². The second kappa shape index (κ2) is 8.06. The summed E-state index contributed by atoms with van der Waals surface area (Å²) >= 11 is 7.60. The molecular weight excluding hydrogens is 304 g/mol. The molecule has 0 saturated carbocycles. The Kier molecular flexibility index (Phi) is 6.40. The molecule has 1 saturated heterocycles. The summed E-state index contributed by atoms with van der Waals surface area (Å²) in [6.07, 6.45) is 2.06. The minimum absolute atomic E-state index is 0.236. The van der Waals surface area contributed by atoms with Crippen LogP contribution < -0.4 is 5.73 Å². The summed E-state index contributed by atoms with van der Waals surface area (Å²) in [6, 6.07) is 8.03. The average molecular weight is 327 g/mol. The van der Waals surface area contributed by atoms with Gasteiger partial charge in [-0.1, -0.05) is 23.7 Å². The van der Waals surface area contributed by atoms with Gasteiger partial charge in [-0.2, -0.15) is 0 Å². The van der Waals surface area contributed by atoms with E-state index in [4.69, 9.17) is 17.3 Å². The third kappa shape index (κ3) is 5.20. The maximum Gasteiger partial charge on any atom is 0.232 e. The number of amides is 1. The molecule has 2 rings (SSSR count). The molecule has 1 unspecified atom stereocenters. The van der Waals surface area contributed by atoms with Crippen molar-refractivity contribution < 1.29 is 4.79 Å². The van der Waals surface area contributed by atoms with Crippen LogP contribution in [0.25, 0.3) is 0 Å². The van der Waals surface area contributed by atoms with Crippen LogP contribution >= 0.6 is 23.4 Å². The van der Waals surface area contributed by atoms with Gasteiger partial charge in [0.2, 0.25) is 5.91 Å². The predicted octanol–water partition coefficient (Wildman–Crippen LogP) is 3.16. The fourth-order valence-corrected chi connectivity index (χ4v) is 3.74. The van der Waals surface area contributed by atoms with E-state index in [1.165, 1.54) is 0 Å². The molecule has 1 aromatic rings. The zero-order chi connectivity index (χ0) is 15.2. The topological polar surface area (TPSA) is 46.3 Å². The van der Waals surface area contributed by atoms with Crippen LogP contribution in [-0.2, 0) is 10.5 Å². The van der Waals surface area contributed by atoms with Crippen LogP contribution in [0, 0.1) is 5.92 Å². The lowest BCUT2D eigenvalue weighted by Gasteiger charge is -2.33. The summed E-state index contributed by atoms with van der Waals surface area (Å²) in [5.41, 5.74) is 7.09. The van der Waals surface area contributed by atoms with Gasteiger partial charge in [0.05, 0.1) is 5.75 Å². The first-order chi connectivity index (χ1) is 10.1. The number of thioether (sulfide) groups is 1. The van der Waals surface area contributed by atoms with Gasteiger partial charge in [-0.25, -0.2) is 0 Å². The van der Waals surface area contributed by atoms with E-state index in [1.54, 1.807) is 11.8 Å². The first kappa shape index (κ1) is 16.7. The Labute approximate surface area is 136 Å². The van der Waals surface area contributed by atoms with E-state index in [0.717, 1.165) is 42.3 Å². The fourth-order valence-electron chi connectivity index (χ4n) is 2.65. The first-order valence-electron chi connectivity index (χ1n) is 7.42. The number of piperidine rings is 1. The number of carbonyl (C=O) groups is 1. The molecule has 2 N–H and O–H groups in total. The highest BCUT2D eigenvalue weighted by Crippen LogP contribution is 2.21. The molecule has 0 spiro atoms. The molecule has 1 aromatic carbocycles. The van der Waals surface area contributed by atoms with Gasteiger partial charge in [0, 0.05) is 29.9 Å². The molecule has 3 nitrogen and oxygen atoms in total. The molecule has 1 atom stereocenters. The Morgan fingerprint density at radius 2 is 2.19 bits per heavy atom. The lowest BCUT2D eigenvalue weighted by Crippen LogP contribution is -2.43. The van der Waals surface area contributed by atoms with Gasteiger partial charge in [0.1, 0.15) is 0 Å². The van der Waals surface area contributed by atoms with E-state index in [0.29, 0.717) is 11.7 Å². The van der Waals surface area contributed by atoms with Crippen molar-refractivity contribution in [3.63, 3.8) is 0 Å². The van der Waals surface area contributed by atoms with Crippen molar-refractivity contribution in [2.24, 2.45) is 11.7 Å². The maximum atomic E-state index is 12.2. The first-order valence-corrected chi connectivity index (χ1v) is 8.95. The Morgan fingerprint density at radius 1 is 1.48 bits per heavy atom. The van der Waals surface area contributed by atoms with Crippen molar-refractivity contribution in [2.75, 3.05) is 18.8 Å². The van der Waals surface area contributed by atoms with Crippen LogP contribution in [0.5, 0.6) is 0 Å². The molecule has 0 radical (unpaired) electrons. The van der Waals surface area contributed by atoms with Gasteiger partial charge in [-0.05, 0) is 43.4 Å². The summed E-state index contributed by atoms with van der Waals surface area (Å²) in [7, 11) is 0. The zero-order valence-corrected chi connectivity index (χ0v) is 14.0. The second-order valence-corrected chi connectivity index (χ2v) is 7.12. The third-order valence-corrected chi connectivity index (χ3v) is 5.24. The zero-order valence-electron chi connectivity index (χ0n) is 12.4. The van der Waals surface area contributed by atoms with E-state index < -0.39 is 0 Å². The van der Waals surface area contributed by atoms with E-state index >= 15 is 0 Å². The lowest BCUT2D eigenvalue weighted by molar-refractivity contribution is -0.129. The number of nitrogens with two attached hydrogens (primary N) is 1. The minimum Gasteiger partial charge on any atom is -0.342 e. The predicted molar refractivity (Wildman–Crippen MR) is 90.6 cm³/mol. The van der Waals surface area contributed by atoms with Gasteiger partial charge in [0.15, 0.2) is 0 Å². The SMILES string of the molecule is CC(N)C1CCN(C(=O)CSCc2cccc(Cl)c2)CC1. The van der Waals surface area contributed by atoms with Crippen LogP contribution in [0.4, 0.5) is 0 Å². The molecule has 1 amide bonds. The Balaban J connectivity index is 1.71. The minimum atomic E-state index is 0.236. The fraction of sp³-hybridized carbons (Fsp3) is 0.562. The molecule has 1 fully saturated rings. The third-order valence-electron chi connectivity index (χ3n) is 4.02. The van der Waals surface area contributed by atoms with Crippen molar-refractivity contribution >= 4 is 29.3 Å². The van der Waals surface area contributed by atoms with Crippen LogP contribution in [-0.4, -0.2) is 35.7 Å². The molecule has 0 bridgehead atoms. The number of nitrogens with zero attached hydrogens (tertiary/aromatic N) is 1. The highest BCUT2D eigenvalue weighted by atomic mass is 35.5. The van der Waals surface area contributed by atoms with Crippen LogP contribution in [0.1, 0.15) is 25.3 Å². The van der Waals surface area contributed by atoms with E-state index in [2.05, 4.69) is 6.92 Å². The number of hydrogen-bond donors (Lipinski definition) is 1. The van der Waals surface area contributed by atoms with Crippen molar-refractivity contribution in [1.29, 1.82) is 0 Å². The number of benzene rings is 1. The summed E-state index contributed by atoms with van der Waals surface area (Å²) < 4.78 is 0. The monoisotopic (exact) mass is 326 g/mol. The van der Waals surface area contributed by atoms with E-state index in [1.807, 2.05) is 29.2 Å². The number of hydrogen-bond acceptors (Lipinski definition) is 3. The lowest BCUT2D eigenvalue weighted by atomic mass is 9.91. The maximum absolute atomic E-state index is 12.2. The van der Waals surface area contributed by atoms with Gasteiger partial charge >= 0.3 is 0 Å². The highest BCUT2D eigenvalue weighted by molar-refractivity contribution is 7.99. The molecular formula is C16H23ClN2OS. The van der Waals surface area contributed by atoms with Crippen molar-refractivity contribution in [1.82, 2.24) is 4.90 Å². The quantitative estimate of drug-likeness (QED) is 0.904. The second-order valence-electron chi connectivity index (χ2n) is 5.70. The average Bonchev–Trinajstić information content (AvgIpc) is 2.47. The standard InChI is InChI=1S/C16H23ClN2OS/c1-12(18)14-5-7-19(8-6-14)16(20)11-21-10-13-3-2-4-15(17)9-13/h2-4,9,12,14H,5-8,10-11,18H2,1H3. The molecule has 0 aromatic heterocycles. The molecule has 5 heteroatoms. The van der Waals surface area contributed by atoms with Gasteiger partial charge in [-0.3, -0.25) is 4.79 Å². The van der Waals surface area contributed by atoms with Crippen LogP contribution in [0.2, 0.25) is 5.02 Å². The van der Waals surface area contributed by atoms with Crippen molar-refractivity contribution in [3.8, 4) is 0 Å². The summed E-state index contributed by atoms with van der Waals surface area (Å²) in [5, 5.41) is 0.748. The number of halogens is 1. The smallest absolute Gasteiger partial charge is 0.232 e. The summed E-state index contributed by atoms with van der Waals surface area (Å²) in [5.74, 6) is 2.16. The summed E-state index contributed by atoms with van der Waals surface area (Å²) in [6.45, 7) is 3.76. The number of rotatable bonds is 5. The van der Waals surface area contributed by atoms with Crippen molar-refractivity contribution in [2.45, 2.75) is 31.6 Å². The van der Waals surface area contributed by atoms with Crippen LogP contribution in [0.15, 0.2) is 24.3 Å².